The van der Waals surface area contributed by atoms with E-state index in [4.69, 9.17) is 5.26 Å². The highest BCUT2D eigenvalue weighted by Crippen LogP contribution is 2.36. The van der Waals surface area contributed by atoms with Crippen LogP contribution < -0.4 is 0 Å². The molecule has 1 aliphatic carbocycles. The van der Waals surface area contributed by atoms with Crippen LogP contribution in [0.4, 0.5) is 0 Å². The molecule has 0 amide bonds. The maximum atomic E-state index is 11.7. The van der Waals surface area contributed by atoms with Crippen LogP contribution in [0, 0.1) is 17.2 Å². The van der Waals surface area contributed by atoms with Crippen molar-refractivity contribution in [3.8, 4) is 6.07 Å². The molecule has 1 saturated carbocycles. The lowest BCUT2D eigenvalue weighted by molar-refractivity contribution is -0.123. The summed E-state index contributed by atoms with van der Waals surface area (Å²) in [6.45, 7) is 1.95. The molecule has 0 radical (unpaired) electrons. The fourth-order valence-electron chi connectivity index (χ4n) is 2.87. The van der Waals surface area contributed by atoms with Crippen molar-refractivity contribution in [2.24, 2.45) is 5.92 Å². The highest BCUT2D eigenvalue weighted by Gasteiger charge is 2.25. The minimum Gasteiger partial charge on any atom is -0.299 e. The maximum Gasteiger partial charge on any atom is 0.135 e. The van der Waals surface area contributed by atoms with Crippen molar-refractivity contribution in [2.45, 2.75) is 44.9 Å². The number of hydrogen-bond acceptors (Lipinski definition) is 2. The summed E-state index contributed by atoms with van der Waals surface area (Å²) in [7, 11) is 0. The second-order valence-corrected chi connectivity index (χ2v) is 5.10. The molecule has 1 fully saturated rings. The Bertz CT molecular complexity index is 447. The third-order valence-electron chi connectivity index (χ3n) is 4.04. The van der Waals surface area contributed by atoms with Crippen molar-refractivity contribution in [3.05, 3.63) is 35.4 Å². The molecule has 0 aliphatic heterocycles. The number of Topliss-reactive ketones (excluding diaryl/α,β-unsaturated/α-hetero) is 1. The highest BCUT2D eigenvalue weighted by molar-refractivity contribution is 5.80. The Kier molecular flexibility index (Phi) is 4.15. The Morgan fingerprint density at radius 2 is 1.83 bits per heavy atom. The SMILES string of the molecule is CCC(=O)C1CCC(c2ccc(C#N)cc2)CC1. The summed E-state index contributed by atoms with van der Waals surface area (Å²) in [6, 6.07) is 10.0. The van der Waals surface area contributed by atoms with E-state index >= 15 is 0 Å². The molecule has 1 aromatic rings. The molecule has 0 aromatic heterocycles. The molecular weight excluding hydrogens is 222 g/mol. The largest absolute Gasteiger partial charge is 0.299 e. The van der Waals surface area contributed by atoms with E-state index in [9.17, 15) is 4.79 Å². The average molecular weight is 241 g/mol. The third kappa shape index (κ3) is 2.79. The summed E-state index contributed by atoms with van der Waals surface area (Å²) >= 11 is 0. The van der Waals surface area contributed by atoms with Gasteiger partial charge in [-0.2, -0.15) is 5.26 Å². The van der Waals surface area contributed by atoms with Gasteiger partial charge < -0.3 is 0 Å². The quantitative estimate of drug-likeness (QED) is 0.807. The van der Waals surface area contributed by atoms with Crippen LogP contribution in [-0.4, -0.2) is 5.78 Å². The summed E-state index contributed by atoms with van der Waals surface area (Å²) in [5, 5.41) is 8.77. The zero-order valence-electron chi connectivity index (χ0n) is 10.9. The summed E-state index contributed by atoms with van der Waals surface area (Å²) in [5.74, 6) is 1.29. The summed E-state index contributed by atoms with van der Waals surface area (Å²) in [6.07, 6.45) is 4.92. The summed E-state index contributed by atoms with van der Waals surface area (Å²) in [5.41, 5.74) is 2.03. The number of nitrogens with zero attached hydrogens (tertiary/aromatic N) is 1. The Balaban J connectivity index is 1.97. The van der Waals surface area contributed by atoms with E-state index in [1.807, 2.05) is 19.1 Å². The number of rotatable bonds is 3. The van der Waals surface area contributed by atoms with Crippen molar-refractivity contribution < 1.29 is 4.79 Å². The Morgan fingerprint density at radius 3 is 2.33 bits per heavy atom. The van der Waals surface area contributed by atoms with Gasteiger partial charge in [-0.25, -0.2) is 0 Å². The molecule has 0 spiro atoms. The number of carbonyl (C=O) groups excluding carboxylic acids is 1. The highest BCUT2D eigenvalue weighted by atomic mass is 16.1. The molecule has 2 nitrogen and oxygen atoms in total. The van der Waals surface area contributed by atoms with E-state index in [0.29, 0.717) is 29.6 Å². The lowest BCUT2D eigenvalue weighted by Crippen LogP contribution is -2.20. The van der Waals surface area contributed by atoms with E-state index in [1.165, 1.54) is 5.56 Å². The predicted octanol–water partition coefficient (Wildman–Crippen LogP) is 3.81. The summed E-state index contributed by atoms with van der Waals surface area (Å²) in [4.78, 5) is 11.7. The topological polar surface area (TPSA) is 40.9 Å². The molecule has 0 bridgehead atoms. The fraction of sp³-hybridized carbons (Fsp3) is 0.500. The standard InChI is InChI=1S/C16H19NO/c1-2-16(18)15-9-7-14(8-10-15)13-5-3-12(11-17)4-6-13/h3-6,14-15H,2,7-10H2,1H3. The fourth-order valence-corrected chi connectivity index (χ4v) is 2.87. The molecule has 1 aromatic carbocycles. The van der Waals surface area contributed by atoms with Crippen molar-refractivity contribution in [3.63, 3.8) is 0 Å². The van der Waals surface area contributed by atoms with Gasteiger partial charge in [-0.15, -0.1) is 0 Å². The van der Waals surface area contributed by atoms with Crippen LogP contribution in [0.5, 0.6) is 0 Å². The van der Waals surface area contributed by atoms with Crippen LogP contribution in [0.15, 0.2) is 24.3 Å². The minimum atomic E-state index is 0.296. The lowest BCUT2D eigenvalue weighted by Gasteiger charge is -2.27. The molecule has 1 aliphatic rings. The molecule has 2 rings (SSSR count). The van der Waals surface area contributed by atoms with Gasteiger partial charge in [-0.1, -0.05) is 19.1 Å². The van der Waals surface area contributed by atoms with E-state index in [2.05, 4.69) is 18.2 Å². The van der Waals surface area contributed by atoms with Gasteiger partial charge in [0.2, 0.25) is 0 Å². The first-order valence-corrected chi connectivity index (χ1v) is 6.77. The van der Waals surface area contributed by atoms with Crippen molar-refractivity contribution >= 4 is 5.78 Å². The van der Waals surface area contributed by atoms with Crippen LogP contribution >= 0.6 is 0 Å². The second-order valence-electron chi connectivity index (χ2n) is 5.10. The molecule has 0 heterocycles. The molecule has 18 heavy (non-hydrogen) atoms. The zero-order valence-corrected chi connectivity index (χ0v) is 10.9. The van der Waals surface area contributed by atoms with Gasteiger partial charge in [0.25, 0.3) is 0 Å². The van der Waals surface area contributed by atoms with Gasteiger partial charge in [0, 0.05) is 12.3 Å². The molecule has 2 heteroatoms. The first-order chi connectivity index (χ1) is 8.74. The number of benzene rings is 1. The monoisotopic (exact) mass is 241 g/mol. The lowest BCUT2D eigenvalue weighted by atomic mass is 9.77. The van der Waals surface area contributed by atoms with E-state index in [1.54, 1.807) is 0 Å². The second kappa shape index (κ2) is 5.82. The van der Waals surface area contributed by atoms with Crippen LogP contribution in [0.1, 0.15) is 56.1 Å². The van der Waals surface area contributed by atoms with Crippen molar-refractivity contribution in [1.29, 1.82) is 5.26 Å². The molecular formula is C16H19NO. The van der Waals surface area contributed by atoms with Crippen LogP contribution in [-0.2, 0) is 4.79 Å². The number of nitriles is 1. The Labute approximate surface area is 109 Å². The zero-order chi connectivity index (χ0) is 13.0. The smallest absolute Gasteiger partial charge is 0.135 e. The molecule has 0 atom stereocenters. The Hall–Kier alpha value is -1.62. The predicted molar refractivity (Wildman–Crippen MR) is 71.2 cm³/mol. The first-order valence-electron chi connectivity index (χ1n) is 6.77. The number of hydrogen-bond donors (Lipinski definition) is 0. The molecule has 0 saturated heterocycles. The van der Waals surface area contributed by atoms with Crippen LogP contribution in [0.2, 0.25) is 0 Å². The minimum absolute atomic E-state index is 0.296. The Morgan fingerprint density at radius 1 is 1.22 bits per heavy atom. The van der Waals surface area contributed by atoms with Crippen molar-refractivity contribution in [1.82, 2.24) is 0 Å². The van der Waals surface area contributed by atoms with Gasteiger partial charge in [0.05, 0.1) is 11.6 Å². The normalized spacial score (nSPS) is 23.3. The van der Waals surface area contributed by atoms with E-state index in [0.717, 1.165) is 25.7 Å². The van der Waals surface area contributed by atoms with Gasteiger partial charge in [-0.05, 0) is 49.3 Å². The van der Waals surface area contributed by atoms with Gasteiger partial charge in [0.15, 0.2) is 0 Å². The number of carbonyl (C=O) groups is 1. The molecule has 0 unspecified atom stereocenters. The average Bonchev–Trinajstić information content (AvgIpc) is 2.47. The third-order valence-corrected chi connectivity index (χ3v) is 4.04. The molecule has 94 valence electrons. The number of ketones is 1. The van der Waals surface area contributed by atoms with E-state index < -0.39 is 0 Å². The van der Waals surface area contributed by atoms with Gasteiger partial charge in [0.1, 0.15) is 5.78 Å². The van der Waals surface area contributed by atoms with E-state index in [-0.39, 0.29) is 0 Å². The van der Waals surface area contributed by atoms with Gasteiger partial charge >= 0.3 is 0 Å². The van der Waals surface area contributed by atoms with Gasteiger partial charge in [-0.3, -0.25) is 4.79 Å². The maximum absolute atomic E-state index is 11.7. The first kappa shape index (κ1) is 12.8. The van der Waals surface area contributed by atoms with Crippen LogP contribution in [0.3, 0.4) is 0 Å². The molecule has 0 N–H and O–H groups in total. The van der Waals surface area contributed by atoms with Crippen molar-refractivity contribution in [2.75, 3.05) is 0 Å². The van der Waals surface area contributed by atoms with Crippen LogP contribution in [0.25, 0.3) is 0 Å². The summed E-state index contributed by atoms with van der Waals surface area (Å²) < 4.78 is 0.